The smallest absolute Gasteiger partial charge is 0.273 e. The third kappa shape index (κ3) is 2.80. The molecule has 0 spiro atoms. The fourth-order valence-electron chi connectivity index (χ4n) is 3.02. The molecule has 2 heterocycles. The molecule has 7 nitrogen and oxygen atoms in total. The summed E-state index contributed by atoms with van der Waals surface area (Å²) in [5, 5.41) is 11.5. The largest absolute Gasteiger partial charge is 0.321 e. The highest BCUT2D eigenvalue weighted by molar-refractivity contribution is 6.04. The molecular weight excluding hydrogens is 308 g/mol. The van der Waals surface area contributed by atoms with Gasteiger partial charge in [-0.2, -0.15) is 5.10 Å². The molecule has 0 radical (unpaired) electrons. The quantitative estimate of drug-likeness (QED) is 0.744. The fraction of sp³-hybridized carbons (Fsp3) is 0.294. The molecule has 24 heavy (non-hydrogen) atoms. The molecule has 1 aliphatic rings. The number of hydrogen-bond donors (Lipinski definition) is 3. The van der Waals surface area contributed by atoms with Crippen molar-refractivity contribution in [3.63, 3.8) is 0 Å². The zero-order chi connectivity index (χ0) is 17.2. The molecule has 1 unspecified atom stereocenters. The highest BCUT2D eigenvalue weighted by Crippen LogP contribution is 2.36. The second-order valence-corrected chi connectivity index (χ2v) is 5.81. The van der Waals surface area contributed by atoms with Crippen molar-refractivity contribution in [2.75, 3.05) is 5.32 Å². The van der Waals surface area contributed by atoms with E-state index in [0.29, 0.717) is 30.6 Å². The van der Waals surface area contributed by atoms with Crippen LogP contribution in [-0.4, -0.2) is 27.9 Å². The van der Waals surface area contributed by atoms with Gasteiger partial charge in [-0.1, -0.05) is 19.1 Å². The molecule has 2 aromatic rings. The Kier molecular flexibility index (Phi) is 4.16. The lowest BCUT2D eigenvalue weighted by atomic mass is 9.72. The Morgan fingerprint density at radius 2 is 2.00 bits per heavy atom. The van der Waals surface area contributed by atoms with Gasteiger partial charge in [0, 0.05) is 18.3 Å². The van der Waals surface area contributed by atoms with E-state index in [-0.39, 0.29) is 17.7 Å². The van der Waals surface area contributed by atoms with Gasteiger partial charge in [0.1, 0.15) is 5.69 Å². The SMILES string of the molecule is CCC1(c2ccc(NC(=O)c3ccn[nH]3)cc2)CCC(=O)NC1=O. The number of aromatic amines is 1. The number of benzene rings is 1. The van der Waals surface area contributed by atoms with E-state index in [9.17, 15) is 14.4 Å². The van der Waals surface area contributed by atoms with Gasteiger partial charge in [-0.25, -0.2) is 0 Å². The van der Waals surface area contributed by atoms with Crippen LogP contribution in [0.15, 0.2) is 36.5 Å². The molecule has 1 aromatic carbocycles. The topological polar surface area (TPSA) is 104 Å². The molecule has 7 heteroatoms. The predicted molar refractivity (Wildman–Crippen MR) is 87.3 cm³/mol. The molecule has 3 rings (SSSR count). The van der Waals surface area contributed by atoms with Crippen LogP contribution in [0.3, 0.4) is 0 Å². The van der Waals surface area contributed by atoms with Crippen LogP contribution in [0.25, 0.3) is 0 Å². The van der Waals surface area contributed by atoms with E-state index in [1.54, 1.807) is 18.2 Å². The summed E-state index contributed by atoms with van der Waals surface area (Å²) in [5.41, 5.74) is 1.14. The Morgan fingerprint density at radius 1 is 1.25 bits per heavy atom. The zero-order valence-electron chi connectivity index (χ0n) is 13.3. The number of piperidine rings is 1. The number of hydrogen-bond acceptors (Lipinski definition) is 4. The van der Waals surface area contributed by atoms with Crippen molar-refractivity contribution in [1.82, 2.24) is 15.5 Å². The van der Waals surface area contributed by atoms with E-state index in [1.165, 1.54) is 6.20 Å². The first-order chi connectivity index (χ1) is 11.5. The lowest BCUT2D eigenvalue weighted by Gasteiger charge is -2.35. The van der Waals surface area contributed by atoms with Gasteiger partial charge >= 0.3 is 0 Å². The van der Waals surface area contributed by atoms with Crippen LogP contribution in [0.4, 0.5) is 5.69 Å². The van der Waals surface area contributed by atoms with Gasteiger partial charge in [-0.15, -0.1) is 0 Å². The highest BCUT2D eigenvalue weighted by atomic mass is 16.2. The lowest BCUT2D eigenvalue weighted by Crippen LogP contribution is -2.51. The van der Waals surface area contributed by atoms with Gasteiger partial charge in [-0.05, 0) is 36.6 Å². The molecule has 3 N–H and O–H groups in total. The van der Waals surface area contributed by atoms with Crippen LogP contribution in [0.2, 0.25) is 0 Å². The standard InChI is InChI=1S/C17H18N4O3/c1-2-17(9-7-14(22)20-16(17)24)11-3-5-12(6-4-11)19-15(23)13-8-10-18-21-13/h3-6,8,10H,2,7,9H2,1H3,(H,18,21)(H,19,23)(H,20,22,24). The highest BCUT2D eigenvalue weighted by Gasteiger charge is 2.42. The summed E-state index contributed by atoms with van der Waals surface area (Å²) in [4.78, 5) is 35.8. The zero-order valence-corrected chi connectivity index (χ0v) is 13.3. The molecule has 124 valence electrons. The second kappa shape index (κ2) is 6.27. The Morgan fingerprint density at radius 3 is 2.58 bits per heavy atom. The molecule has 0 aliphatic carbocycles. The van der Waals surface area contributed by atoms with Crippen LogP contribution in [-0.2, 0) is 15.0 Å². The molecule has 0 saturated carbocycles. The molecule has 1 aromatic heterocycles. The van der Waals surface area contributed by atoms with Crippen molar-refractivity contribution >= 4 is 23.4 Å². The fourth-order valence-corrected chi connectivity index (χ4v) is 3.02. The number of imide groups is 1. The summed E-state index contributed by atoms with van der Waals surface area (Å²) in [6.45, 7) is 1.93. The van der Waals surface area contributed by atoms with Gasteiger partial charge in [0.15, 0.2) is 0 Å². The average molecular weight is 326 g/mol. The summed E-state index contributed by atoms with van der Waals surface area (Å²) in [5.74, 6) is -0.769. The first-order valence-corrected chi connectivity index (χ1v) is 7.81. The number of nitrogens with one attached hydrogen (secondary N) is 3. The van der Waals surface area contributed by atoms with Gasteiger partial charge in [0.25, 0.3) is 5.91 Å². The second-order valence-electron chi connectivity index (χ2n) is 5.81. The number of amides is 3. The molecule has 1 fully saturated rings. The van der Waals surface area contributed by atoms with Crippen molar-refractivity contribution in [3.05, 3.63) is 47.8 Å². The number of carbonyl (C=O) groups is 3. The molecule has 3 amide bonds. The van der Waals surface area contributed by atoms with Crippen molar-refractivity contribution in [2.24, 2.45) is 0 Å². The number of carbonyl (C=O) groups excluding carboxylic acids is 3. The summed E-state index contributed by atoms with van der Waals surface area (Å²) in [6, 6.07) is 8.73. The van der Waals surface area contributed by atoms with Gasteiger partial charge in [-0.3, -0.25) is 24.8 Å². The van der Waals surface area contributed by atoms with E-state index in [4.69, 9.17) is 0 Å². The minimum atomic E-state index is -0.695. The number of rotatable bonds is 4. The van der Waals surface area contributed by atoms with Crippen molar-refractivity contribution in [1.29, 1.82) is 0 Å². The first kappa shape index (κ1) is 15.9. The third-order valence-corrected chi connectivity index (χ3v) is 4.51. The lowest BCUT2D eigenvalue weighted by molar-refractivity contribution is -0.138. The Labute approximate surface area is 138 Å². The van der Waals surface area contributed by atoms with E-state index >= 15 is 0 Å². The van der Waals surface area contributed by atoms with E-state index < -0.39 is 5.41 Å². The normalized spacial score (nSPS) is 20.5. The maximum absolute atomic E-state index is 12.4. The molecular formula is C17H18N4O3. The monoisotopic (exact) mass is 326 g/mol. The summed E-state index contributed by atoms with van der Waals surface area (Å²) in [7, 11) is 0. The number of aromatic nitrogens is 2. The van der Waals surface area contributed by atoms with Gasteiger partial charge < -0.3 is 5.32 Å². The van der Waals surface area contributed by atoms with Gasteiger partial charge in [0.2, 0.25) is 11.8 Å². The molecule has 1 atom stereocenters. The molecule has 0 bridgehead atoms. The maximum atomic E-state index is 12.4. The number of nitrogens with zero attached hydrogens (tertiary/aromatic N) is 1. The van der Waals surface area contributed by atoms with Crippen LogP contribution < -0.4 is 10.6 Å². The minimum Gasteiger partial charge on any atom is -0.321 e. The van der Waals surface area contributed by atoms with Crippen molar-refractivity contribution < 1.29 is 14.4 Å². The maximum Gasteiger partial charge on any atom is 0.273 e. The Bertz CT molecular complexity index is 768. The van der Waals surface area contributed by atoms with Crippen molar-refractivity contribution in [2.45, 2.75) is 31.6 Å². The third-order valence-electron chi connectivity index (χ3n) is 4.51. The van der Waals surface area contributed by atoms with E-state index in [2.05, 4.69) is 20.8 Å². The van der Waals surface area contributed by atoms with Gasteiger partial charge in [0.05, 0.1) is 5.41 Å². The van der Waals surface area contributed by atoms with Crippen LogP contribution in [0.1, 0.15) is 42.2 Å². The first-order valence-electron chi connectivity index (χ1n) is 7.81. The van der Waals surface area contributed by atoms with E-state index in [1.807, 2.05) is 19.1 Å². The Hall–Kier alpha value is -2.96. The molecule has 1 aliphatic heterocycles. The average Bonchev–Trinajstić information content (AvgIpc) is 3.11. The summed E-state index contributed by atoms with van der Waals surface area (Å²) >= 11 is 0. The minimum absolute atomic E-state index is 0.229. The summed E-state index contributed by atoms with van der Waals surface area (Å²) in [6.07, 6.45) is 2.93. The number of H-pyrrole nitrogens is 1. The number of anilines is 1. The summed E-state index contributed by atoms with van der Waals surface area (Å²) < 4.78 is 0. The van der Waals surface area contributed by atoms with Crippen molar-refractivity contribution in [3.8, 4) is 0 Å². The Balaban J connectivity index is 1.79. The molecule has 1 saturated heterocycles. The van der Waals surface area contributed by atoms with Crippen LogP contribution in [0, 0.1) is 0 Å². The van der Waals surface area contributed by atoms with Crippen LogP contribution >= 0.6 is 0 Å². The predicted octanol–water partition coefficient (Wildman–Crippen LogP) is 1.75. The van der Waals surface area contributed by atoms with E-state index in [0.717, 1.165) is 5.56 Å². The van der Waals surface area contributed by atoms with Crippen LogP contribution in [0.5, 0.6) is 0 Å².